The van der Waals surface area contributed by atoms with E-state index < -0.39 is 0 Å². The molecule has 0 saturated heterocycles. The highest BCUT2D eigenvalue weighted by Crippen LogP contribution is 2.10. The summed E-state index contributed by atoms with van der Waals surface area (Å²) in [5.74, 6) is 0. The van der Waals surface area contributed by atoms with Gasteiger partial charge in [0.1, 0.15) is 0 Å². The maximum absolute atomic E-state index is 3.20. The van der Waals surface area contributed by atoms with E-state index in [0.717, 1.165) is 6.67 Å². The topological polar surface area (TPSA) is 15.3 Å². The van der Waals surface area contributed by atoms with Crippen LogP contribution in [0.25, 0.3) is 0 Å². The van der Waals surface area contributed by atoms with E-state index in [9.17, 15) is 0 Å². The van der Waals surface area contributed by atoms with Crippen molar-refractivity contribution in [1.82, 2.24) is 10.2 Å². The maximum Gasteiger partial charge on any atom is 0.0867 e. The molecule has 2 nitrogen and oxygen atoms in total. The summed E-state index contributed by atoms with van der Waals surface area (Å²) in [6.07, 6.45) is 18.4. The number of nitrogens with one attached hydrogen (secondary N) is 1. The van der Waals surface area contributed by atoms with Crippen molar-refractivity contribution < 1.29 is 0 Å². The second-order valence-electron chi connectivity index (χ2n) is 5.17. The fourth-order valence-electron chi connectivity index (χ4n) is 2.34. The lowest BCUT2D eigenvalue weighted by Crippen LogP contribution is -2.21. The number of rotatable bonds is 11. The lowest BCUT2D eigenvalue weighted by Gasteiger charge is -2.13. The first-order valence-corrected chi connectivity index (χ1v) is 7.57. The van der Waals surface area contributed by atoms with E-state index in [0.29, 0.717) is 0 Å². The van der Waals surface area contributed by atoms with E-state index in [4.69, 9.17) is 0 Å². The van der Waals surface area contributed by atoms with E-state index in [1.165, 1.54) is 70.8 Å². The largest absolute Gasteiger partial charge is 0.373 e. The second-order valence-corrected chi connectivity index (χ2v) is 5.17. The minimum Gasteiger partial charge on any atom is -0.373 e. The Labute approximate surface area is 107 Å². The van der Waals surface area contributed by atoms with Gasteiger partial charge >= 0.3 is 0 Å². The Morgan fingerprint density at radius 1 is 0.882 bits per heavy atom. The smallest absolute Gasteiger partial charge is 0.0867 e. The Bertz CT molecular complexity index is 189. The third kappa shape index (κ3) is 8.12. The Morgan fingerprint density at radius 2 is 1.47 bits per heavy atom. The van der Waals surface area contributed by atoms with Gasteiger partial charge in [-0.3, -0.25) is 0 Å². The molecule has 2 heteroatoms. The predicted molar refractivity (Wildman–Crippen MR) is 75.7 cm³/mol. The molecule has 1 N–H and O–H groups in total. The summed E-state index contributed by atoms with van der Waals surface area (Å²) in [6, 6.07) is 0. The molecule has 17 heavy (non-hydrogen) atoms. The lowest BCUT2D eigenvalue weighted by molar-refractivity contribution is 0.375. The molecule has 1 heterocycles. The fourth-order valence-corrected chi connectivity index (χ4v) is 2.34. The molecule has 0 bridgehead atoms. The van der Waals surface area contributed by atoms with E-state index in [-0.39, 0.29) is 0 Å². The van der Waals surface area contributed by atoms with Crippen LogP contribution in [0, 0.1) is 0 Å². The number of hydrogen-bond donors (Lipinski definition) is 1. The molecule has 1 aliphatic heterocycles. The van der Waals surface area contributed by atoms with Crippen molar-refractivity contribution in [3.63, 3.8) is 0 Å². The van der Waals surface area contributed by atoms with Gasteiger partial charge in [0.2, 0.25) is 0 Å². The first-order valence-electron chi connectivity index (χ1n) is 7.57. The van der Waals surface area contributed by atoms with Gasteiger partial charge in [-0.2, -0.15) is 0 Å². The van der Waals surface area contributed by atoms with Crippen LogP contribution in [0.3, 0.4) is 0 Å². The summed E-state index contributed by atoms with van der Waals surface area (Å²) in [7, 11) is 0. The molecule has 0 aromatic carbocycles. The van der Waals surface area contributed by atoms with Crippen molar-refractivity contribution in [1.29, 1.82) is 0 Å². The van der Waals surface area contributed by atoms with Gasteiger partial charge in [0.15, 0.2) is 0 Å². The van der Waals surface area contributed by atoms with Gasteiger partial charge in [-0.15, -0.1) is 0 Å². The molecule has 0 amide bonds. The fraction of sp³-hybridized carbons (Fsp3) is 0.867. The zero-order chi connectivity index (χ0) is 12.2. The van der Waals surface area contributed by atoms with Gasteiger partial charge in [-0.1, -0.05) is 64.7 Å². The van der Waals surface area contributed by atoms with Crippen LogP contribution >= 0.6 is 0 Å². The van der Waals surface area contributed by atoms with Gasteiger partial charge in [0, 0.05) is 18.9 Å². The van der Waals surface area contributed by atoms with Gasteiger partial charge in [0.25, 0.3) is 0 Å². The van der Waals surface area contributed by atoms with E-state index in [1.54, 1.807) is 0 Å². The first kappa shape index (κ1) is 14.4. The van der Waals surface area contributed by atoms with E-state index in [1.807, 2.05) is 6.20 Å². The third-order valence-electron chi connectivity index (χ3n) is 3.50. The molecule has 100 valence electrons. The standard InChI is InChI=1S/C15H30N2/c1-2-3-4-5-6-7-8-9-10-11-13-17-14-12-16-15-17/h12,14,16H,2-11,13,15H2,1H3. The Hall–Kier alpha value is -0.660. The number of nitrogens with zero attached hydrogens (tertiary/aromatic N) is 1. The number of unbranched alkanes of at least 4 members (excludes halogenated alkanes) is 9. The molecule has 0 aliphatic carbocycles. The predicted octanol–water partition coefficient (Wildman–Crippen LogP) is 4.24. The average molecular weight is 238 g/mol. The molecule has 0 unspecified atom stereocenters. The van der Waals surface area contributed by atoms with Crippen molar-refractivity contribution in [3.05, 3.63) is 12.4 Å². The van der Waals surface area contributed by atoms with E-state index in [2.05, 4.69) is 23.3 Å². The van der Waals surface area contributed by atoms with Crippen LogP contribution in [-0.2, 0) is 0 Å². The van der Waals surface area contributed by atoms with Crippen LogP contribution < -0.4 is 5.32 Å². The summed E-state index contributed by atoms with van der Waals surface area (Å²) >= 11 is 0. The molecular weight excluding hydrogens is 208 g/mol. The minimum atomic E-state index is 1.01. The average Bonchev–Trinajstić information content (AvgIpc) is 2.85. The SMILES string of the molecule is CCCCCCCCCCCCN1C=CNC1. The van der Waals surface area contributed by atoms with Gasteiger partial charge in [-0.05, 0) is 6.42 Å². The van der Waals surface area contributed by atoms with Crippen molar-refractivity contribution in [3.8, 4) is 0 Å². The monoisotopic (exact) mass is 238 g/mol. The zero-order valence-corrected chi connectivity index (χ0v) is 11.6. The molecule has 0 radical (unpaired) electrons. The quantitative estimate of drug-likeness (QED) is 0.542. The highest BCUT2D eigenvalue weighted by Gasteiger charge is 2.01. The summed E-state index contributed by atoms with van der Waals surface area (Å²) < 4.78 is 0. The van der Waals surface area contributed by atoms with Crippen molar-refractivity contribution >= 4 is 0 Å². The normalized spacial score (nSPS) is 14.3. The molecule has 1 aliphatic rings. The molecular formula is C15H30N2. The number of hydrogen-bond acceptors (Lipinski definition) is 2. The molecule has 0 atom stereocenters. The molecule has 0 aromatic heterocycles. The lowest BCUT2D eigenvalue weighted by atomic mass is 10.1. The highest BCUT2D eigenvalue weighted by molar-refractivity contribution is 4.86. The van der Waals surface area contributed by atoms with Crippen LogP contribution in [0.5, 0.6) is 0 Å². The molecule has 0 aromatic rings. The van der Waals surface area contributed by atoms with Gasteiger partial charge < -0.3 is 10.2 Å². The molecule has 0 saturated carbocycles. The summed E-state index contributed by atoms with van der Waals surface area (Å²) in [5, 5.41) is 3.20. The van der Waals surface area contributed by atoms with Gasteiger partial charge in [-0.25, -0.2) is 0 Å². The van der Waals surface area contributed by atoms with Crippen molar-refractivity contribution in [2.75, 3.05) is 13.2 Å². The summed E-state index contributed by atoms with van der Waals surface area (Å²) in [5.41, 5.74) is 0. The zero-order valence-electron chi connectivity index (χ0n) is 11.6. The minimum absolute atomic E-state index is 1.01. The Balaban J connectivity index is 1.71. The van der Waals surface area contributed by atoms with Crippen molar-refractivity contribution in [2.45, 2.75) is 71.1 Å². The Kier molecular flexibility index (Phi) is 8.89. The van der Waals surface area contributed by atoms with E-state index >= 15 is 0 Å². The second kappa shape index (κ2) is 10.5. The highest BCUT2D eigenvalue weighted by atomic mass is 15.2. The van der Waals surface area contributed by atoms with Crippen LogP contribution in [0.1, 0.15) is 71.1 Å². The van der Waals surface area contributed by atoms with Gasteiger partial charge in [0.05, 0.1) is 6.67 Å². The summed E-state index contributed by atoms with van der Waals surface area (Å²) in [6.45, 7) is 4.52. The van der Waals surface area contributed by atoms with Crippen molar-refractivity contribution in [2.24, 2.45) is 0 Å². The van der Waals surface area contributed by atoms with Crippen LogP contribution in [0.2, 0.25) is 0 Å². The van der Waals surface area contributed by atoms with Crippen LogP contribution in [-0.4, -0.2) is 18.1 Å². The summed E-state index contributed by atoms with van der Waals surface area (Å²) in [4.78, 5) is 2.35. The Morgan fingerprint density at radius 3 is 2.00 bits per heavy atom. The molecule has 1 rings (SSSR count). The van der Waals surface area contributed by atoms with Crippen LogP contribution in [0.15, 0.2) is 12.4 Å². The maximum atomic E-state index is 3.20. The first-order chi connectivity index (χ1) is 8.43. The molecule has 0 spiro atoms. The third-order valence-corrected chi connectivity index (χ3v) is 3.50. The molecule has 0 fully saturated rings. The van der Waals surface area contributed by atoms with Crippen LogP contribution in [0.4, 0.5) is 0 Å².